The number of hydrogen-bond acceptors (Lipinski definition) is 1. The molecular weight excluding hydrogens is 130 g/mol. The van der Waals surface area contributed by atoms with Gasteiger partial charge >= 0.3 is 0 Å². The Labute approximate surface area is 56.4 Å². The molecule has 0 rings (SSSR count). The van der Waals surface area contributed by atoms with Crippen LogP contribution >= 0.6 is 0 Å². The van der Waals surface area contributed by atoms with Crippen LogP contribution in [0.2, 0.25) is 19.6 Å². The molecular formula is C6H11NOSi. The van der Waals surface area contributed by atoms with Gasteiger partial charge in [-0.05, 0) is 5.92 Å². The minimum atomic E-state index is -1.38. The number of carbonyl (C=O) groups excluding carboxylic acids is 1. The maximum atomic E-state index is 10.1. The predicted molar refractivity (Wildman–Crippen MR) is 40.3 cm³/mol. The average Bonchev–Trinajstić information content (AvgIpc) is 1.59. The molecule has 0 aliphatic rings. The van der Waals surface area contributed by atoms with Gasteiger partial charge in [0.05, 0.1) is 0 Å². The highest BCUT2D eigenvalue weighted by atomic mass is 28.3. The van der Waals surface area contributed by atoms with Gasteiger partial charge in [-0.1, -0.05) is 19.6 Å². The molecule has 0 saturated heterocycles. The summed E-state index contributed by atoms with van der Waals surface area (Å²) in [7, 11) is -1.38. The fourth-order valence-electron chi connectivity index (χ4n) is 0.249. The molecule has 0 aromatic heterocycles. The molecule has 0 fully saturated rings. The van der Waals surface area contributed by atoms with E-state index in [9.17, 15) is 4.79 Å². The molecule has 0 unspecified atom stereocenters. The van der Waals surface area contributed by atoms with Crippen molar-refractivity contribution in [3.8, 4) is 11.5 Å². The SMILES string of the molecule is C[Si](C)(C)C#CC(N)=O. The van der Waals surface area contributed by atoms with Crippen molar-refractivity contribution in [1.29, 1.82) is 0 Å². The first-order valence-corrected chi connectivity index (χ1v) is 6.24. The zero-order valence-electron chi connectivity index (χ0n) is 5.99. The van der Waals surface area contributed by atoms with Crippen LogP contribution in [0.15, 0.2) is 0 Å². The van der Waals surface area contributed by atoms with Crippen LogP contribution in [0.5, 0.6) is 0 Å². The number of primary amides is 1. The number of nitrogens with two attached hydrogens (primary N) is 1. The predicted octanol–water partition coefficient (Wildman–Crippen LogP) is 0.352. The normalized spacial score (nSPS) is 9.67. The average molecular weight is 141 g/mol. The highest BCUT2D eigenvalue weighted by Gasteiger charge is 2.07. The molecule has 0 aromatic carbocycles. The molecule has 3 heteroatoms. The lowest BCUT2D eigenvalue weighted by atomic mass is 10.7. The summed E-state index contributed by atoms with van der Waals surface area (Å²) < 4.78 is 0. The Morgan fingerprint density at radius 3 is 2.00 bits per heavy atom. The third kappa shape index (κ3) is 7.25. The summed E-state index contributed by atoms with van der Waals surface area (Å²) >= 11 is 0. The van der Waals surface area contributed by atoms with E-state index < -0.39 is 14.0 Å². The Kier molecular flexibility index (Phi) is 2.47. The van der Waals surface area contributed by atoms with Gasteiger partial charge in [-0.25, -0.2) is 0 Å². The molecule has 0 aromatic rings. The molecule has 0 bridgehead atoms. The van der Waals surface area contributed by atoms with Crippen LogP contribution in [0.4, 0.5) is 0 Å². The first-order chi connectivity index (χ1) is 3.92. The van der Waals surface area contributed by atoms with Crippen molar-refractivity contribution in [2.24, 2.45) is 5.73 Å². The fourth-order valence-corrected chi connectivity index (χ4v) is 0.747. The van der Waals surface area contributed by atoms with E-state index in [-0.39, 0.29) is 0 Å². The van der Waals surface area contributed by atoms with Crippen LogP contribution in [0.1, 0.15) is 0 Å². The second kappa shape index (κ2) is 2.69. The van der Waals surface area contributed by atoms with Crippen LogP contribution in [0, 0.1) is 11.5 Å². The van der Waals surface area contributed by atoms with Crippen molar-refractivity contribution >= 4 is 14.0 Å². The summed E-state index contributed by atoms with van der Waals surface area (Å²) in [5.41, 5.74) is 7.64. The van der Waals surface area contributed by atoms with Crippen molar-refractivity contribution in [2.75, 3.05) is 0 Å². The van der Waals surface area contributed by atoms with Crippen molar-refractivity contribution in [3.05, 3.63) is 0 Å². The Hall–Kier alpha value is -0.753. The van der Waals surface area contributed by atoms with Crippen LogP contribution in [0.3, 0.4) is 0 Å². The van der Waals surface area contributed by atoms with E-state index in [0.717, 1.165) is 0 Å². The van der Waals surface area contributed by atoms with Crippen molar-refractivity contribution < 1.29 is 4.79 Å². The Balaban J connectivity index is 4.04. The largest absolute Gasteiger partial charge is 0.359 e. The maximum Gasteiger partial charge on any atom is 0.292 e. The van der Waals surface area contributed by atoms with Gasteiger partial charge in [-0.2, -0.15) is 0 Å². The smallest absolute Gasteiger partial charge is 0.292 e. The molecule has 50 valence electrons. The van der Waals surface area contributed by atoms with Gasteiger partial charge in [-0.3, -0.25) is 4.79 Å². The molecule has 9 heavy (non-hydrogen) atoms. The Morgan fingerprint density at radius 2 is 1.89 bits per heavy atom. The molecule has 0 spiro atoms. The highest BCUT2D eigenvalue weighted by molar-refractivity contribution is 6.84. The van der Waals surface area contributed by atoms with Gasteiger partial charge in [-0.15, -0.1) is 5.54 Å². The van der Waals surface area contributed by atoms with Gasteiger partial charge in [0.1, 0.15) is 8.07 Å². The zero-order valence-corrected chi connectivity index (χ0v) is 6.99. The lowest BCUT2D eigenvalue weighted by Crippen LogP contribution is -2.18. The van der Waals surface area contributed by atoms with Gasteiger partial charge in [0.2, 0.25) is 0 Å². The third-order valence-electron chi connectivity index (χ3n) is 0.561. The van der Waals surface area contributed by atoms with Gasteiger partial charge in [0, 0.05) is 0 Å². The third-order valence-corrected chi connectivity index (χ3v) is 1.44. The first kappa shape index (κ1) is 8.25. The minimum absolute atomic E-state index is 0.530. The summed E-state index contributed by atoms with van der Waals surface area (Å²) in [6.07, 6.45) is 0. The fraction of sp³-hybridized carbons (Fsp3) is 0.500. The van der Waals surface area contributed by atoms with E-state index in [2.05, 4.69) is 31.1 Å². The second-order valence-corrected chi connectivity index (χ2v) is 7.61. The van der Waals surface area contributed by atoms with Crippen molar-refractivity contribution in [1.82, 2.24) is 0 Å². The van der Waals surface area contributed by atoms with Gasteiger partial charge < -0.3 is 5.73 Å². The molecule has 0 atom stereocenters. The maximum absolute atomic E-state index is 10.1. The van der Waals surface area contributed by atoms with Crippen molar-refractivity contribution in [2.45, 2.75) is 19.6 Å². The van der Waals surface area contributed by atoms with E-state index in [1.165, 1.54) is 0 Å². The summed E-state index contributed by atoms with van der Waals surface area (Å²) in [6, 6.07) is 0. The molecule has 0 saturated carbocycles. The van der Waals surface area contributed by atoms with Crippen LogP contribution in [0.25, 0.3) is 0 Å². The first-order valence-electron chi connectivity index (χ1n) is 2.74. The molecule has 0 aliphatic heterocycles. The topological polar surface area (TPSA) is 43.1 Å². The standard InChI is InChI=1S/C6H11NOSi/c1-9(2,3)5-4-6(7)8/h1-3H3,(H2,7,8). The number of rotatable bonds is 0. The minimum Gasteiger partial charge on any atom is -0.359 e. The van der Waals surface area contributed by atoms with E-state index in [0.29, 0.717) is 0 Å². The van der Waals surface area contributed by atoms with Crippen LogP contribution < -0.4 is 5.73 Å². The molecule has 1 amide bonds. The number of amides is 1. The highest BCUT2D eigenvalue weighted by Crippen LogP contribution is 1.95. The Morgan fingerprint density at radius 1 is 1.44 bits per heavy atom. The summed E-state index contributed by atoms with van der Waals surface area (Å²) in [5, 5.41) is 0. The second-order valence-electron chi connectivity index (χ2n) is 2.86. The summed E-state index contributed by atoms with van der Waals surface area (Å²) in [5.74, 6) is 1.81. The molecule has 2 N–H and O–H groups in total. The molecule has 2 nitrogen and oxygen atoms in total. The lowest BCUT2D eigenvalue weighted by molar-refractivity contribution is -0.112. The van der Waals surface area contributed by atoms with Gasteiger partial charge in [0.25, 0.3) is 5.91 Å². The molecule has 0 aliphatic carbocycles. The molecule has 0 heterocycles. The monoisotopic (exact) mass is 141 g/mol. The quantitative estimate of drug-likeness (QED) is 0.384. The summed E-state index contributed by atoms with van der Waals surface area (Å²) in [4.78, 5) is 10.1. The van der Waals surface area contributed by atoms with E-state index in [4.69, 9.17) is 5.73 Å². The summed E-state index contributed by atoms with van der Waals surface area (Å²) in [6.45, 7) is 6.18. The van der Waals surface area contributed by atoms with Crippen LogP contribution in [-0.4, -0.2) is 14.0 Å². The lowest BCUT2D eigenvalue weighted by Gasteiger charge is -2.01. The van der Waals surface area contributed by atoms with Crippen LogP contribution in [-0.2, 0) is 4.79 Å². The van der Waals surface area contributed by atoms with Crippen molar-refractivity contribution in [3.63, 3.8) is 0 Å². The van der Waals surface area contributed by atoms with E-state index in [1.54, 1.807) is 0 Å². The molecule has 0 radical (unpaired) electrons. The van der Waals surface area contributed by atoms with E-state index >= 15 is 0 Å². The van der Waals surface area contributed by atoms with Gasteiger partial charge in [0.15, 0.2) is 0 Å². The number of hydrogen-bond donors (Lipinski definition) is 1. The van der Waals surface area contributed by atoms with E-state index in [1.807, 2.05) is 0 Å². The zero-order chi connectivity index (χ0) is 7.49. The number of carbonyl (C=O) groups is 1. The Bertz CT molecular complexity index is 170.